The maximum atomic E-state index is 11.1. The van der Waals surface area contributed by atoms with E-state index in [1.54, 1.807) is 6.92 Å². The molecule has 1 heterocycles. The number of rotatable bonds is 7. The third-order valence-corrected chi connectivity index (χ3v) is 4.98. The van der Waals surface area contributed by atoms with E-state index in [4.69, 9.17) is 10.5 Å². The molecule has 0 aliphatic rings. The van der Waals surface area contributed by atoms with Crippen LogP contribution in [-0.4, -0.2) is 44.2 Å². The summed E-state index contributed by atoms with van der Waals surface area (Å²) < 4.78 is 5.81. The number of aryl methyl sites for hydroxylation is 1. The summed E-state index contributed by atoms with van der Waals surface area (Å²) >= 11 is 0. The van der Waals surface area contributed by atoms with Gasteiger partial charge in [0.1, 0.15) is 18.0 Å². The molecule has 0 fully saturated rings. The summed E-state index contributed by atoms with van der Waals surface area (Å²) in [5.74, 6) is -0.0199. The minimum Gasteiger partial charge on any atom is -0.504 e. The van der Waals surface area contributed by atoms with Crippen LogP contribution < -0.4 is 10.5 Å². The Morgan fingerprint density at radius 1 is 1.14 bits per heavy atom. The fraction of sp³-hybridized carbons (Fsp3) is 0.333. The van der Waals surface area contributed by atoms with E-state index in [1.807, 2.05) is 31.3 Å². The standard InChI is InChI=1S/C21H26N2O5/c1-12-7-17-16(5-6-23-17)20(8-12)28-11-15(24)10-21(27,13(2)22)14-3-4-18(25)19(26)9-14/h3-9,13,15,23-27H,10-11,22H2,1-2H3. The van der Waals surface area contributed by atoms with Crippen molar-refractivity contribution in [3.63, 3.8) is 0 Å². The van der Waals surface area contributed by atoms with E-state index in [2.05, 4.69) is 4.98 Å². The maximum absolute atomic E-state index is 11.1. The fourth-order valence-electron chi connectivity index (χ4n) is 3.35. The molecule has 0 aliphatic carbocycles. The van der Waals surface area contributed by atoms with Crippen LogP contribution in [-0.2, 0) is 5.60 Å². The number of ether oxygens (including phenoxy) is 1. The lowest BCUT2D eigenvalue weighted by Crippen LogP contribution is -2.46. The average molecular weight is 386 g/mol. The molecule has 7 N–H and O–H groups in total. The number of aliphatic hydroxyl groups excluding tert-OH is 1. The molecule has 0 saturated carbocycles. The van der Waals surface area contributed by atoms with Crippen molar-refractivity contribution in [2.24, 2.45) is 5.73 Å². The second-order valence-electron chi connectivity index (χ2n) is 7.29. The van der Waals surface area contributed by atoms with Gasteiger partial charge in [-0.15, -0.1) is 0 Å². The summed E-state index contributed by atoms with van der Waals surface area (Å²) in [6.07, 6.45) is 0.706. The number of aromatic amines is 1. The molecule has 7 nitrogen and oxygen atoms in total. The second-order valence-corrected chi connectivity index (χ2v) is 7.29. The molecule has 1 aromatic heterocycles. The van der Waals surface area contributed by atoms with Crippen LogP contribution in [0.25, 0.3) is 10.9 Å². The van der Waals surface area contributed by atoms with Gasteiger partial charge in [0.05, 0.1) is 6.10 Å². The Hall–Kier alpha value is -2.74. The van der Waals surface area contributed by atoms with Crippen LogP contribution in [0.15, 0.2) is 42.6 Å². The molecule has 28 heavy (non-hydrogen) atoms. The van der Waals surface area contributed by atoms with Crippen molar-refractivity contribution in [1.29, 1.82) is 0 Å². The number of benzene rings is 2. The number of hydrogen-bond donors (Lipinski definition) is 6. The first-order chi connectivity index (χ1) is 13.2. The lowest BCUT2D eigenvalue weighted by molar-refractivity contribution is -0.0413. The highest BCUT2D eigenvalue weighted by atomic mass is 16.5. The van der Waals surface area contributed by atoms with Crippen LogP contribution in [0.2, 0.25) is 0 Å². The van der Waals surface area contributed by atoms with Crippen molar-refractivity contribution in [2.75, 3.05) is 6.61 Å². The SMILES string of the molecule is Cc1cc(OCC(O)CC(O)(c2ccc(O)c(O)c2)C(C)N)c2cc[nH]c2c1. The van der Waals surface area contributed by atoms with Gasteiger partial charge in [-0.3, -0.25) is 0 Å². The Kier molecular flexibility index (Phi) is 5.51. The van der Waals surface area contributed by atoms with Gasteiger partial charge in [-0.25, -0.2) is 0 Å². The third kappa shape index (κ3) is 3.91. The van der Waals surface area contributed by atoms with Crippen LogP contribution in [0.5, 0.6) is 17.2 Å². The summed E-state index contributed by atoms with van der Waals surface area (Å²) in [4.78, 5) is 3.13. The van der Waals surface area contributed by atoms with Crippen LogP contribution in [0.4, 0.5) is 0 Å². The Bertz CT molecular complexity index is 969. The molecule has 0 radical (unpaired) electrons. The number of aromatic nitrogens is 1. The number of hydrogen-bond acceptors (Lipinski definition) is 6. The van der Waals surface area contributed by atoms with Gasteiger partial charge in [0, 0.05) is 29.6 Å². The summed E-state index contributed by atoms with van der Waals surface area (Å²) in [5, 5.41) is 41.7. The molecule has 150 valence electrons. The smallest absolute Gasteiger partial charge is 0.157 e. The topological polar surface area (TPSA) is 132 Å². The van der Waals surface area contributed by atoms with E-state index in [9.17, 15) is 20.4 Å². The summed E-state index contributed by atoms with van der Waals surface area (Å²) in [5.41, 5.74) is 6.64. The molecule has 7 heteroatoms. The van der Waals surface area contributed by atoms with Gasteiger partial charge in [0.25, 0.3) is 0 Å². The summed E-state index contributed by atoms with van der Waals surface area (Å²) in [6, 6.07) is 9.04. The van der Waals surface area contributed by atoms with Gasteiger partial charge < -0.3 is 35.9 Å². The minimum atomic E-state index is -1.61. The molecule has 0 spiro atoms. The highest BCUT2D eigenvalue weighted by molar-refractivity contribution is 5.86. The number of phenolic OH excluding ortho intramolecular Hbond substituents is 2. The predicted octanol–water partition coefficient (Wildman–Crippen LogP) is 2.25. The molecule has 3 atom stereocenters. The van der Waals surface area contributed by atoms with Crippen LogP contribution in [0.1, 0.15) is 24.5 Å². The van der Waals surface area contributed by atoms with Crippen molar-refractivity contribution in [2.45, 2.75) is 38.0 Å². The number of nitrogens with two attached hydrogens (primary N) is 1. The van der Waals surface area contributed by atoms with Gasteiger partial charge in [-0.1, -0.05) is 6.07 Å². The first-order valence-electron chi connectivity index (χ1n) is 9.09. The predicted molar refractivity (Wildman–Crippen MR) is 106 cm³/mol. The Balaban J connectivity index is 1.76. The van der Waals surface area contributed by atoms with E-state index >= 15 is 0 Å². The van der Waals surface area contributed by atoms with Crippen molar-refractivity contribution < 1.29 is 25.2 Å². The van der Waals surface area contributed by atoms with E-state index in [-0.39, 0.29) is 24.5 Å². The van der Waals surface area contributed by atoms with Crippen LogP contribution in [0, 0.1) is 6.92 Å². The third-order valence-electron chi connectivity index (χ3n) is 4.98. The highest BCUT2D eigenvalue weighted by Crippen LogP contribution is 2.35. The van der Waals surface area contributed by atoms with Crippen LogP contribution >= 0.6 is 0 Å². The Morgan fingerprint density at radius 3 is 2.57 bits per heavy atom. The molecular formula is C21H26N2O5. The van der Waals surface area contributed by atoms with E-state index in [0.717, 1.165) is 16.5 Å². The highest BCUT2D eigenvalue weighted by Gasteiger charge is 2.36. The monoisotopic (exact) mass is 386 g/mol. The van der Waals surface area contributed by atoms with Crippen molar-refractivity contribution in [3.8, 4) is 17.2 Å². The average Bonchev–Trinajstić information content (AvgIpc) is 3.10. The second kappa shape index (κ2) is 7.71. The molecule has 3 unspecified atom stereocenters. The molecule has 0 amide bonds. The van der Waals surface area contributed by atoms with E-state index < -0.39 is 17.7 Å². The van der Waals surface area contributed by atoms with Gasteiger partial charge in [-0.2, -0.15) is 0 Å². The van der Waals surface area contributed by atoms with Crippen LogP contribution in [0.3, 0.4) is 0 Å². The van der Waals surface area contributed by atoms with Gasteiger partial charge in [0.15, 0.2) is 11.5 Å². The largest absolute Gasteiger partial charge is 0.504 e. The summed E-state index contributed by atoms with van der Waals surface area (Å²) in [6.45, 7) is 3.53. The first kappa shape index (κ1) is 20.0. The van der Waals surface area contributed by atoms with Gasteiger partial charge in [-0.05, 0) is 55.3 Å². The van der Waals surface area contributed by atoms with Crippen molar-refractivity contribution in [3.05, 3.63) is 53.7 Å². The molecule has 0 saturated heterocycles. The lowest BCUT2D eigenvalue weighted by atomic mass is 9.82. The van der Waals surface area contributed by atoms with Crippen molar-refractivity contribution >= 4 is 10.9 Å². The van der Waals surface area contributed by atoms with E-state index in [0.29, 0.717) is 11.3 Å². The first-order valence-corrected chi connectivity index (χ1v) is 9.09. The number of phenols is 2. The Morgan fingerprint density at radius 2 is 1.89 bits per heavy atom. The molecule has 0 aliphatic heterocycles. The number of nitrogens with one attached hydrogen (secondary N) is 1. The molecule has 3 rings (SSSR count). The van der Waals surface area contributed by atoms with Crippen molar-refractivity contribution in [1.82, 2.24) is 4.98 Å². The molecule has 3 aromatic rings. The fourth-order valence-corrected chi connectivity index (χ4v) is 3.35. The number of aliphatic hydroxyl groups is 2. The van der Waals surface area contributed by atoms with Gasteiger partial charge >= 0.3 is 0 Å². The zero-order valence-corrected chi connectivity index (χ0v) is 15.9. The van der Waals surface area contributed by atoms with E-state index in [1.165, 1.54) is 18.2 Å². The van der Waals surface area contributed by atoms with Gasteiger partial charge in [0.2, 0.25) is 0 Å². The normalized spacial score (nSPS) is 15.9. The summed E-state index contributed by atoms with van der Waals surface area (Å²) in [7, 11) is 0. The molecule has 0 bridgehead atoms. The number of aromatic hydroxyl groups is 2. The molecule has 2 aromatic carbocycles. The quantitative estimate of drug-likeness (QED) is 0.345. The molecular weight excluding hydrogens is 360 g/mol. The minimum absolute atomic E-state index is 0.0389. The number of H-pyrrole nitrogens is 1. The lowest BCUT2D eigenvalue weighted by Gasteiger charge is -2.34. The zero-order valence-electron chi connectivity index (χ0n) is 15.9. The maximum Gasteiger partial charge on any atom is 0.157 e. The zero-order chi connectivity index (χ0) is 20.5. The Labute approximate surface area is 163 Å². The number of fused-ring (bicyclic) bond motifs is 1.